The second kappa shape index (κ2) is 5.75. The third-order valence-corrected chi connectivity index (χ3v) is 4.14. The molecule has 2 aromatic heterocycles. The van der Waals surface area contributed by atoms with E-state index in [0.29, 0.717) is 33.7 Å². The Morgan fingerprint density at radius 1 is 1.24 bits per heavy atom. The van der Waals surface area contributed by atoms with Crippen molar-refractivity contribution < 1.29 is 4.52 Å². The number of aromatic nitrogens is 3. The van der Waals surface area contributed by atoms with Crippen molar-refractivity contribution in [2.24, 2.45) is 0 Å². The normalized spacial score (nSPS) is 10.8. The summed E-state index contributed by atoms with van der Waals surface area (Å²) in [6.45, 7) is 0. The molecule has 0 bridgehead atoms. The maximum Gasteiger partial charge on any atom is 0.260 e. The van der Waals surface area contributed by atoms with Crippen molar-refractivity contribution in [3.8, 4) is 23.0 Å². The highest BCUT2D eigenvalue weighted by Gasteiger charge is 2.17. The highest BCUT2D eigenvalue weighted by molar-refractivity contribution is 9.11. The first-order valence-corrected chi connectivity index (χ1v) is 7.72. The van der Waals surface area contributed by atoms with E-state index in [4.69, 9.17) is 21.9 Å². The molecule has 0 aliphatic heterocycles. The van der Waals surface area contributed by atoms with E-state index in [9.17, 15) is 0 Å². The predicted octanol–water partition coefficient (Wildman–Crippen LogP) is 4.56. The number of nitrogen functional groups attached to an aromatic ring is 1. The molecule has 1 aromatic carbocycles. The Balaban J connectivity index is 2.09. The van der Waals surface area contributed by atoms with Gasteiger partial charge in [-0.05, 0) is 40.2 Å². The van der Waals surface area contributed by atoms with E-state index in [-0.39, 0.29) is 0 Å². The molecule has 0 saturated heterocycles. The number of pyridine rings is 1. The minimum absolute atomic E-state index is 0.297. The van der Waals surface area contributed by atoms with Gasteiger partial charge in [0.1, 0.15) is 5.69 Å². The molecule has 0 aliphatic carbocycles. The summed E-state index contributed by atoms with van der Waals surface area (Å²) in [6, 6.07) is 7.09. The molecular weight excluding hydrogens is 423 g/mol. The summed E-state index contributed by atoms with van der Waals surface area (Å²) >= 11 is 12.8. The summed E-state index contributed by atoms with van der Waals surface area (Å²) in [6.07, 6.45) is 1.61. The molecule has 21 heavy (non-hydrogen) atoms. The van der Waals surface area contributed by atoms with E-state index >= 15 is 0 Å². The Morgan fingerprint density at radius 2 is 2.05 bits per heavy atom. The Labute approximate surface area is 141 Å². The SMILES string of the molecule is Nc1c(Br)cc(Br)cc1-c1nc(-c2ncccc2Cl)no1. The second-order valence-corrected chi connectivity index (χ2v) is 6.28. The minimum Gasteiger partial charge on any atom is -0.397 e. The van der Waals surface area contributed by atoms with Crippen LogP contribution >= 0.6 is 43.5 Å². The molecule has 0 saturated carbocycles. The van der Waals surface area contributed by atoms with Crippen LogP contribution < -0.4 is 5.73 Å². The highest BCUT2D eigenvalue weighted by Crippen LogP contribution is 2.35. The van der Waals surface area contributed by atoms with E-state index in [2.05, 4.69) is 47.0 Å². The molecule has 2 N–H and O–H groups in total. The average molecular weight is 430 g/mol. The fraction of sp³-hybridized carbons (Fsp3) is 0. The van der Waals surface area contributed by atoms with E-state index in [1.54, 1.807) is 24.4 Å². The molecular formula is C13H7Br2ClN4O. The van der Waals surface area contributed by atoms with Crippen LogP contribution in [-0.4, -0.2) is 15.1 Å². The molecule has 5 nitrogen and oxygen atoms in total. The standard InChI is InChI=1S/C13H7Br2ClN4O/c14-6-4-7(10(17)8(15)5-6)13-19-12(20-21-13)11-9(16)2-1-3-18-11/h1-5H,17H2. The van der Waals surface area contributed by atoms with Crippen molar-refractivity contribution in [3.05, 3.63) is 44.4 Å². The average Bonchev–Trinajstić information content (AvgIpc) is 2.92. The molecule has 106 valence electrons. The summed E-state index contributed by atoms with van der Waals surface area (Å²) in [5.41, 5.74) is 7.63. The van der Waals surface area contributed by atoms with Crippen molar-refractivity contribution in [2.75, 3.05) is 5.73 Å². The molecule has 3 aromatic rings. The lowest BCUT2D eigenvalue weighted by molar-refractivity contribution is 0.432. The van der Waals surface area contributed by atoms with Gasteiger partial charge in [0.2, 0.25) is 5.82 Å². The van der Waals surface area contributed by atoms with E-state index < -0.39 is 0 Å². The van der Waals surface area contributed by atoms with Gasteiger partial charge in [-0.2, -0.15) is 4.98 Å². The van der Waals surface area contributed by atoms with E-state index in [1.807, 2.05) is 6.07 Å². The maximum atomic E-state index is 6.07. The third-order valence-electron chi connectivity index (χ3n) is 2.72. The fourth-order valence-corrected chi connectivity index (χ4v) is 3.17. The number of rotatable bonds is 2. The number of hydrogen-bond acceptors (Lipinski definition) is 5. The Hall–Kier alpha value is -1.44. The maximum absolute atomic E-state index is 6.07. The van der Waals surface area contributed by atoms with Crippen molar-refractivity contribution >= 4 is 49.1 Å². The zero-order chi connectivity index (χ0) is 15.0. The number of halogens is 3. The van der Waals surface area contributed by atoms with Crippen molar-refractivity contribution in [1.82, 2.24) is 15.1 Å². The molecule has 8 heteroatoms. The topological polar surface area (TPSA) is 77.8 Å². The van der Waals surface area contributed by atoms with Gasteiger partial charge >= 0.3 is 0 Å². The Morgan fingerprint density at radius 3 is 2.81 bits per heavy atom. The first-order valence-electron chi connectivity index (χ1n) is 5.75. The molecule has 0 unspecified atom stereocenters. The molecule has 0 atom stereocenters. The van der Waals surface area contributed by atoms with Crippen LogP contribution in [0.15, 0.2) is 43.9 Å². The first-order chi connectivity index (χ1) is 10.1. The van der Waals surface area contributed by atoms with Gasteiger partial charge in [0.25, 0.3) is 5.89 Å². The quantitative estimate of drug-likeness (QED) is 0.603. The van der Waals surface area contributed by atoms with Crippen LogP contribution in [0.3, 0.4) is 0 Å². The molecule has 0 radical (unpaired) electrons. The van der Waals surface area contributed by atoms with Crippen LogP contribution in [-0.2, 0) is 0 Å². The summed E-state index contributed by atoms with van der Waals surface area (Å²) in [5, 5.41) is 4.36. The summed E-state index contributed by atoms with van der Waals surface area (Å²) < 4.78 is 6.85. The second-order valence-electron chi connectivity index (χ2n) is 4.11. The van der Waals surface area contributed by atoms with Gasteiger partial charge in [-0.1, -0.05) is 32.7 Å². The fourth-order valence-electron chi connectivity index (χ4n) is 1.74. The van der Waals surface area contributed by atoms with Gasteiger partial charge in [0.15, 0.2) is 0 Å². The number of nitrogens with two attached hydrogens (primary N) is 1. The number of nitrogens with zero attached hydrogens (tertiary/aromatic N) is 3. The van der Waals surface area contributed by atoms with E-state index in [0.717, 1.165) is 8.95 Å². The molecule has 2 heterocycles. The summed E-state index contributed by atoms with van der Waals surface area (Å²) in [5.74, 6) is 0.609. The molecule has 0 amide bonds. The number of hydrogen-bond donors (Lipinski definition) is 1. The van der Waals surface area contributed by atoms with Crippen LogP contribution in [0.1, 0.15) is 0 Å². The van der Waals surface area contributed by atoms with Crippen molar-refractivity contribution in [2.45, 2.75) is 0 Å². The predicted molar refractivity (Wildman–Crippen MR) is 87.8 cm³/mol. The van der Waals surface area contributed by atoms with Crippen molar-refractivity contribution in [3.63, 3.8) is 0 Å². The van der Waals surface area contributed by atoms with Gasteiger partial charge in [0, 0.05) is 15.1 Å². The minimum atomic E-state index is 0.297. The molecule has 0 spiro atoms. The van der Waals surface area contributed by atoms with Gasteiger partial charge < -0.3 is 10.3 Å². The summed E-state index contributed by atoms with van der Waals surface area (Å²) in [4.78, 5) is 8.45. The largest absolute Gasteiger partial charge is 0.397 e. The number of benzene rings is 1. The smallest absolute Gasteiger partial charge is 0.260 e. The Kier molecular flexibility index (Phi) is 3.97. The van der Waals surface area contributed by atoms with Gasteiger partial charge in [-0.15, -0.1) is 0 Å². The highest BCUT2D eigenvalue weighted by atomic mass is 79.9. The monoisotopic (exact) mass is 428 g/mol. The van der Waals surface area contributed by atoms with Gasteiger partial charge in [0.05, 0.1) is 16.3 Å². The first kappa shape index (κ1) is 14.5. The van der Waals surface area contributed by atoms with Crippen molar-refractivity contribution in [1.29, 1.82) is 0 Å². The lowest BCUT2D eigenvalue weighted by atomic mass is 10.2. The van der Waals surface area contributed by atoms with Gasteiger partial charge in [-0.25, -0.2) is 0 Å². The molecule has 0 fully saturated rings. The Bertz CT molecular complexity index is 822. The van der Waals surface area contributed by atoms with Crippen LogP contribution in [0.25, 0.3) is 23.0 Å². The number of anilines is 1. The van der Waals surface area contributed by atoms with E-state index in [1.165, 1.54) is 0 Å². The van der Waals surface area contributed by atoms with Crippen LogP contribution in [0.2, 0.25) is 5.02 Å². The van der Waals surface area contributed by atoms with Crippen LogP contribution in [0.5, 0.6) is 0 Å². The molecule has 0 aliphatic rings. The third kappa shape index (κ3) is 2.81. The zero-order valence-corrected chi connectivity index (χ0v) is 14.3. The summed E-state index contributed by atoms with van der Waals surface area (Å²) in [7, 11) is 0. The van der Waals surface area contributed by atoms with Gasteiger partial charge in [-0.3, -0.25) is 4.98 Å². The lowest BCUT2D eigenvalue weighted by Crippen LogP contribution is -1.92. The zero-order valence-electron chi connectivity index (χ0n) is 10.3. The van der Waals surface area contributed by atoms with Crippen LogP contribution in [0, 0.1) is 0 Å². The van der Waals surface area contributed by atoms with Crippen LogP contribution in [0.4, 0.5) is 5.69 Å². The lowest BCUT2D eigenvalue weighted by Gasteiger charge is -2.04. The molecule has 3 rings (SSSR count).